The normalized spacial score (nSPS) is 26.7. The van der Waals surface area contributed by atoms with Gasteiger partial charge in [-0.1, -0.05) is 6.92 Å². The largest absolute Gasteiger partial charge is 0.339 e. The summed E-state index contributed by atoms with van der Waals surface area (Å²) in [6.07, 6.45) is 2.18. The number of piperidine rings is 1. The lowest BCUT2D eigenvalue weighted by Gasteiger charge is -2.33. The average Bonchev–Trinajstić information content (AvgIpc) is 2.18. The maximum atomic E-state index is 12.2. The van der Waals surface area contributed by atoms with Crippen molar-refractivity contribution in [1.82, 2.24) is 10.2 Å². The molecule has 3 nitrogen and oxygen atoms in total. The van der Waals surface area contributed by atoms with Gasteiger partial charge in [0.2, 0.25) is 5.91 Å². The summed E-state index contributed by atoms with van der Waals surface area (Å²) in [5.74, 6) is 0.949. The number of likely N-dealkylation sites (N-methyl/N-ethyl adjacent to an activating group) is 1. The van der Waals surface area contributed by atoms with Crippen LogP contribution in [0.4, 0.5) is 0 Å². The van der Waals surface area contributed by atoms with Gasteiger partial charge in [0.05, 0.1) is 6.04 Å². The number of hydrogen-bond donors (Lipinski definition) is 1. The number of amides is 1. The van der Waals surface area contributed by atoms with Crippen LogP contribution in [0.25, 0.3) is 0 Å². The highest BCUT2D eigenvalue weighted by molar-refractivity contribution is 5.82. The monoisotopic (exact) mass is 212 g/mol. The number of hydrogen-bond acceptors (Lipinski definition) is 2. The summed E-state index contributed by atoms with van der Waals surface area (Å²) in [6, 6.07) is 0.359. The van der Waals surface area contributed by atoms with Gasteiger partial charge in [-0.2, -0.15) is 0 Å². The molecule has 1 amide bonds. The van der Waals surface area contributed by atoms with E-state index in [1.165, 1.54) is 6.42 Å². The second-order valence-electron chi connectivity index (χ2n) is 4.85. The lowest BCUT2D eigenvalue weighted by Crippen LogP contribution is -2.51. The summed E-state index contributed by atoms with van der Waals surface area (Å²) < 4.78 is 0. The molecule has 3 heteroatoms. The summed E-state index contributed by atoms with van der Waals surface area (Å²) in [6.45, 7) is 10.2. The summed E-state index contributed by atoms with van der Waals surface area (Å²) in [7, 11) is 0. The van der Waals surface area contributed by atoms with E-state index in [-0.39, 0.29) is 11.9 Å². The molecule has 0 spiro atoms. The molecule has 1 heterocycles. The van der Waals surface area contributed by atoms with Gasteiger partial charge in [-0.3, -0.25) is 4.79 Å². The van der Waals surface area contributed by atoms with Crippen LogP contribution in [0.1, 0.15) is 40.5 Å². The van der Waals surface area contributed by atoms with E-state index in [2.05, 4.69) is 26.1 Å². The molecule has 0 aromatic rings. The third-order valence-electron chi connectivity index (χ3n) is 3.21. The zero-order valence-corrected chi connectivity index (χ0v) is 10.4. The SMILES string of the molecule is CCN(C(=O)C1CC(C)CCN1)C(C)C. The second-order valence-corrected chi connectivity index (χ2v) is 4.85. The van der Waals surface area contributed by atoms with E-state index in [1.807, 2.05) is 11.8 Å². The standard InChI is InChI=1S/C12H24N2O/c1-5-14(9(2)3)12(15)11-8-10(4)6-7-13-11/h9-11,13H,5-8H2,1-4H3. The fourth-order valence-corrected chi connectivity index (χ4v) is 2.27. The number of carbonyl (C=O) groups excluding carboxylic acids is 1. The Hall–Kier alpha value is -0.570. The van der Waals surface area contributed by atoms with Crippen LogP contribution in [0.2, 0.25) is 0 Å². The number of nitrogens with one attached hydrogen (secondary N) is 1. The lowest BCUT2D eigenvalue weighted by molar-refractivity contribution is -0.135. The number of nitrogens with zero attached hydrogens (tertiary/aromatic N) is 1. The van der Waals surface area contributed by atoms with E-state index in [9.17, 15) is 4.79 Å². The van der Waals surface area contributed by atoms with Gasteiger partial charge in [-0.15, -0.1) is 0 Å². The van der Waals surface area contributed by atoms with Gasteiger partial charge in [0.15, 0.2) is 0 Å². The highest BCUT2D eigenvalue weighted by Gasteiger charge is 2.28. The Kier molecular flexibility index (Phi) is 4.58. The molecule has 1 N–H and O–H groups in total. The van der Waals surface area contributed by atoms with E-state index in [0.717, 1.165) is 19.5 Å². The molecular weight excluding hydrogens is 188 g/mol. The van der Waals surface area contributed by atoms with Crippen molar-refractivity contribution in [3.8, 4) is 0 Å². The van der Waals surface area contributed by atoms with E-state index in [4.69, 9.17) is 0 Å². The molecule has 2 unspecified atom stereocenters. The molecule has 0 aromatic heterocycles. The topological polar surface area (TPSA) is 32.3 Å². The minimum atomic E-state index is 0.0519. The molecule has 0 bridgehead atoms. The van der Waals surface area contributed by atoms with Crippen LogP contribution in [-0.4, -0.2) is 36.0 Å². The molecule has 0 saturated carbocycles. The van der Waals surface area contributed by atoms with Crippen LogP contribution in [0.5, 0.6) is 0 Å². The van der Waals surface area contributed by atoms with Crippen molar-refractivity contribution in [3.05, 3.63) is 0 Å². The van der Waals surface area contributed by atoms with Crippen molar-refractivity contribution in [2.45, 2.75) is 52.6 Å². The summed E-state index contributed by atoms with van der Waals surface area (Å²) in [5.41, 5.74) is 0. The van der Waals surface area contributed by atoms with E-state index in [1.54, 1.807) is 0 Å². The summed E-state index contributed by atoms with van der Waals surface area (Å²) in [5, 5.41) is 3.33. The minimum absolute atomic E-state index is 0.0519. The first-order valence-corrected chi connectivity index (χ1v) is 6.10. The van der Waals surface area contributed by atoms with Crippen LogP contribution in [0.3, 0.4) is 0 Å². The zero-order valence-electron chi connectivity index (χ0n) is 10.4. The summed E-state index contributed by atoms with van der Waals surface area (Å²) >= 11 is 0. The van der Waals surface area contributed by atoms with Crippen molar-refractivity contribution >= 4 is 5.91 Å². The lowest BCUT2D eigenvalue weighted by atomic mass is 9.93. The van der Waals surface area contributed by atoms with Crippen LogP contribution in [0.15, 0.2) is 0 Å². The first-order chi connectivity index (χ1) is 7.06. The van der Waals surface area contributed by atoms with Crippen LogP contribution >= 0.6 is 0 Å². The Morgan fingerprint density at radius 2 is 2.20 bits per heavy atom. The Balaban J connectivity index is 2.57. The second kappa shape index (κ2) is 5.50. The van der Waals surface area contributed by atoms with Gasteiger partial charge in [-0.05, 0) is 46.1 Å². The van der Waals surface area contributed by atoms with Gasteiger partial charge in [0.25, 0.3) is 0 Å². The molecule has 1 aliphatic heterocycles. The first-order valence-electron chi connectivity index (χ1n) is 6.10. The molecule has 0 aromatic carbocycles. The van der Waals surface area contributed by atoms with E-state index in [0.29, 0.717) is 12.0 Å². The molecule has 1 fully saturated rings. The molecule has 1 aliphatic rings. The Morgan fingerprint density at radius 3 is 2.67 bits per heavy atom. The van der Waals surface area contributed by atoms with Crippen molar-refractivity contribution in [3.63, 3.8) is 0 Å². The Labute approximate surface area is 93.2 Å². The van der Waals surface area contributed by atoms with Gasteiger partial charge in [0, 0.05) is 12.6 Å². The molecule has 88 valence electrons. The molecular formula is C12H24N2O. The zero-order chi connectivity index (χ0) is 11.4. The van der Waals surface area contributed by atoms with E-state index >= 15 is 0 Å². The molecule has 1 saturated heterocycles. The molecule has 0 aliphatic carbocycles. The third-order valence-corrected chi connectivity index (χ3v) is 3.21. The predicted molar refractivity (Wildman–Crippen MR) is 62.7 cm³/mol. The van der Waals surface area contributed by atoms with E-state index < -0.39 is 0 Å². The Bertz CT molecular complexity index is 216. The van der Waals surface area contributed by atoms with Crippen molar-refractivity contribution in [2.24, 2.45) is 5.92 Å². The van der Waals surface area contributed by atoms with Gasteiger partial charge in [0.1, 0.15) is 0 Å². The average molecular weight is 212 g/mol. The number of carbonyl (C=O) groups is 1. The smallest absolute Gasteiger partial charge is 0.239 e. The molecule has 2 atom stereocenters. The summed E-state index contributed by atoms with van der Waals surface area (Å²) in [4.78, 5) is 14.1. The highest BCUT2D eigenvalue weighted by atomic mass is 16.2. The maximum absolute atomic E-state index is 12.2. The maximum Gasteiger partial charge on any atom is 0.239 e. The van der Waals surface area contributed by atoms with Crippen LogP contribution < -0.4 is 5.32 Å². The van der Waals surface area contributed by atoms with Crippen LogP contribution in [-0.2, 0) is 4.79 Å². The van der Waals surface area contributed by atoms with Gasteiger partial charge < -0.3 is 10.2 Å². The van der Waals surface area contributed by atoms with Gasteiger partial charge in [-0.25, -0.2) is 0 Å². The minimum Gasteiger partial charge on any atom is -0.339 e. The Morgan fingerprint density at radius 1 is 1.53 bits per heavy atom. The predicted octanol–water partition coefficient (Wildman–Crippen LogP) is 1.63. The fraction of sp³-hybridized carbons (Fsp3) is 0.917. The van der Waals surface area contributed by atoms with Gasteiger partial charge >= 0.3 is 0 Å². The molecule has 1 rings (SSSR count). The van der Waals surface area contributed by atoms with Crippen molar-refractivity contribution in [2.75, 3.05) is 13.1 Å². The fourth-order valence-electron chi connectivity index (χ4n) is 2.27. The first kappa shape index (κ1) is 12.5. The molecule has 0 radical (unpaired) electrons. The third kappa shape index (κ3) is 3.20. The van der Waals surface area contributed by atoms with Crippen LogP contribution in [0, 0.1) is 5.92 Å². The van der Waals surface area contributed by atoms with Crippen molar-refractivity contribution < 1.29 is 4.79 Å². The quantitative estimate of drug-likeness (QED) is 0.771. The highest BCUT2D eigenvalue weighted by Crippen LogP contribution is 2.17. The van der Waals surface area contributed by atoms with Crippen molar-refractivity contribution in [1.29, 1.82) is 0 Å². The molecule has 15 heavy (non-hydrogen) atoms. The number of rotatable bonds is 3.